The van der Waals surface area contributed by atoms with Gasteiger partial charge < -0.3 is 14.4 Å². The molecule has 136 valence electrons. The molecule has 1 aliphatic rings. The number of halogens is 1. The maximum atomic E-state index is 13.5. The maximum Gasteiger partial charge on any atom is 0.344 e. The van der Waals surface area contributed by atoms with Crippen LogP contribution in [0.25, 0.3) is 0 Å². The summed E-state index contributed by atoms with van der Waals surface area (Å²) in [4.78, 5) is 26.1. The lowest BCUT2D eigenvalue weighted by molar-refractivity contribution is -0.161. The Morgan fingerprint density at radius 2 is 1.81 bits per heavy atom. The second-order valence-corrected chi connectivity index (χ2v) is 6.13. The van der Waals surface area contributed by atoms with Gasteiger partial charge in [0.2, 0.25) is 0 Å². The second kappa shape index (κ2) is 7.99. The molecule has 2 aromatic carbocycles. The predicted octanol–water partition coefficient (Wildman–Crippen LogP) is 2.72. The average Bonchev–Trinajstić information content (AvgIpc) is 2.66. The molecular formula is C20H20FNO4. The fraction of sp³-hybridized carbons (Fsp3) is 0.300. The van der Waals surface area contributed by atoms with E-state index in [1.165, 1.54) is 30.7 Å². The first-order valence-corrected chi connectivity index (χ1v) is 8.47. The van der Waals surface area contributed by atoms with Gasteiger partial charge in [0.05, 0.1) is 0 Å². The number of para-hydroxylation sites is 1. The Morgan fingerprint density at radius 3 is 2.58 bits per heavy atom. The SMILES string of the molecule is C[C@H](OC(=O)COc1ccccc1F)C(=O)N1CCc2ccccc2C1. The second-order valence-electron chi connectivity index (χ2n) is 6.13. The summed E-state index contributed by atoms with van der Waals surface area (Å²) in [6.45, 7) is 2.16. The van der Waals surface area contributed by atoms with Crippen LogP contribution >= 0.6 is 0 Å². The highest BCUT2D eigenvalue weighted by molar-refractivity contribution is 5.84. The maximum absolute atomic E-state index is 13.5. The number of benzene rings is 2. The fourth-order valence-electron chi connectivity index (χ4n) is 2.92. The molecule has 0 fully saturated rings. The van der Waals surface area contributed by atoms with Crippen molar-refractivity contribution >= 4 is 11.9 Å². The van der Waals surface area contributed by atoms with Crippen molar-refractivity contribution in [3.05, 3.63) is 65.5 Å². The summed E-state index contributed by atoms with van der Waals surface area (Å²) >= 11 is 0. The predicted molar refractivity (Wildman–Crippen MR) is 93.0 cm³/mol. The monoisotopic (exact) mass is 357 g/mol. The molecule has 0 unspecified atom stereocenters. The molecule has 3 rings (SSSR count). The zero-order valence-corrected chi connectivity index (χ0v) is 14.5. The molecule has 26 heavy (non-hydrogen) atoms. The van der Waals surface area contributed by atoms with E-state index < -0.39 is 24.5 Å². The van der Waals surface area contributed by atoms with Crippen molar-refractivity contribution in [2.45, 2.75) is 26.0 Å². The minimum Gasteiger partial charge on any atom is -0.479 e. The Kier molecular flexibility index (Phi) is 5.51. The molecule has 0 saturated heterocycles. The van der Waals surface area contributed by atoms with E-state index in [1.54, 1.807) is 11.0 Å². The minimum absolute atomic E-state index is 0.0314. The number of ether oxygens (including phenoxy) is 2. The first-order valence-electron chi connectivity index (χ1n) is 8.47. The Balaban J connectivity index is 1.51. The van der Waals surface area contributed by atoms with E-state index in [0.29, 0.717) is 13.1 Å². The van der Waals surface area contributed by atoms with Gasteiger partial charge in [0.1, 0.15) is 0 Å². The number of carbonyl (C=O) groups excluding carboxylic acids is 2. The smallest absolute Gasteiger partial charge is 0.344 e. The van der Waals surface area contributed by atoms with E-state index in [0.717, 1.165) is 12.0 Å². The molecule has 0 aliphatic carbocycles. The van der Waals surface area contributed by atoms with Gasteiger partial charge in [-0.3, -0.25) is 4.79 Å². The lowest BCUT2D eigenvalue weighted by Crippen LogP contribution is -2.43. The summed E-state index contributed by atoms with van der Waals surface area (Å²) in [6, 6.07) is 13.8. The van der Waals surface area contributed by atoms with Crippen LogP contribution in [0.5, 0.6) is 5.75 Å². The number of amides is 1. The van der Waals surface area contributed by atoms with Crippen molar-refractivity contribution in [3.8, 4) is 5.75 Å². The number of hydrogen-bond donors (Lipinski definition) is 0. The molecule has 1 aliphatic heterocycles. The summed E-state index contributed by atoms with van der Waals surface area (Å²) in [7, 11) is 0. The molecule has 1 heterocycles. The van der Waals surface area contributed by atoms with Crippen molar-refractivity contribution in [2.75, 3.05) is 13.2 Å². The molecule has 0 radical (unpaired) electrons. The lowest BCUT2D eigenvalue weighted by Gasteiger charge is -2.30. The van der Waals surface area contributed by atoms with Gasteiger partial charge in [-0.1, -0.05) is 36.4 Å². The van der Waals surface area contributed by atoms with Crippen molar-refractivity contribution in [3.63, 3.8) is 0 Å². The summed E-state index contributed by atoms with van der Waals surface area (Å²) in [5.41, 5.74) is 2.34. The molecule has 5 nitrogen and oxygen atoms in total. The molecule has 2 aromatic rings. The van der Waals surface area contributed by atoms with Gasteiger partial charge in [-0.25, -0.2) is 9.18 Å². The average molecular weight is 357 g/mol. The van der Waals surface area contributed by atoms with E-state index in [1.807, 2.05) is 18.2 Å². The number of fused-ring (bicyclic) bond motifs is 1. The lowest BCUT2D eigenvalue weighted by atomic mass is 9.99. The third-order valence-corrected chi connectivity index (χ3v) is 4.28. The zero-order chi connectivity index (χ0) is 18.5. The molecule has 0 aromatic heterocycles. The van der Waals surface area contributed by atoms with Crippen molar-refractivity contribution in [1.82, 2.24) is 4.90 Å². The summed E-state index contributed by atoms with van der Waals surface area (Å²) in [5, 5.41) is 0. The van der Waals surface area contributed by atoms with Gasteiger partial charge in [0.15, 0.2) is 24.3 Å². The van der Waals surface area contributed by atoms with Crippen LogP contribution in [0.3, 0.4) is 0 Å². The standard InChI is InChI=1S/C20H20FNO4/c1-14(26-19(23)13-25-18-9-5-4-8-17(18)21)20(24)22-11-10-15-6-2-3-7-16(15)12-22/h2-9,14H,10-13H2,1H3/t14-/m0/s1. The van der Waals surface area contributed by atoms with Crippen LogP contribution in [0.15, 0.2) is 48.5 Å². The zero-order valence-electron chi connectivity index (χ0n) is 14.5. The summed E-state index contributed by atoms with van der Waals surface area (Å²) < 4.78 is 23.7. The number of rotatable bonds is 5. The van der Waals surface area contributed by atoms with Gasteiger partial charge >= 0.3 is 5.97 Å². The first kappa shape index (κ1) is 17.9. The topological polar surface area (TPSA) is 55.8 Å². The van der Waals surface area contributed by atoms with Crippen LogP contribution in [0.1, 0.15) is 18.1 Å². The molecule has 6 heteroatoms. The van der Waals surface area contributed by atoms with Crippen LogP contribution in [0.4, 0.5) is 4.39 Å². The molecule has 0 bridgehead atoms. The quantitative estimate of drug-likeness (QED) is 0.772. The molecular weight excluding hydrogens is 337 g/mol. The van der Waals surface area contributed by atoms with Gasteiger partial charge in [0.25, 0.3) is 5.91 Å². The highest BCUT2D eigenvalue weighted by Crippen LogP contribution is 2.19. The van der Waals surface area contributed by atoms with Crippen molar-refractivity contribution in [2.24, 2.45) is 0 Å². The highest BCUT2D eigenvalue weighted by Gasteiger charge is 2.27. The summed E-state index contributed by atoms with van der Waals surface area (Å²) in [5.74, 6) is -1.56. The van der Waals surface area contributed by atoms with Crippen LogP contribution in [0, 0.1) is 5.82 Å². The Labute approximate surface area is 151 Å². The molecule has 1 amide bonds. The number of hydrogen-bond acceptors (Lipinski definition) is 4. The molecule has 0 saturated carbocycles. The molecule has 0 N–H and O–H groups in total. The highest BCUT2D eigenvalue weighted by atomic mass is 19.1. The minimum atomic E-state index is -0.919. The fourth-order valence-corrected chi connectivity index (χ4v) is 2.92. The van der Waals surface area contributed by atoms with E-state index in [9.17, 15) is 14.0 Å². The van der Waals surface area contributed by atoms with E-state index in [4.69, 9.17) is 9.47 Å². The normalized spacial score (nSPS) is 14.3. The van der Waals surface area contributed by atoms with Gasteiger partial charge in [0, 0.05) is 13.1 Å². The summed E-state index contributed by atoms with van der Waals surface area (Å²) in [6.07, 6.45) is -0.143. The first-order chi connectivity index (χ1) is 12.5. The van der Waals surface area contributed by atoms with Crippen LogP contribution in [0.2, 0.25) is 0 Å². The third-order valence-electron chi connectivity index (χ3n) is 4.28. The number of esters is 1. The van der Waals surface area contributed by atoms with Crippen LogP contribution in [-0.2, 0) is 27.3 Å². The largest absolute Gasteiger partial charge is 0.479 e. The Bertz CT molecular complexity index is 808. The number of carbonyl (C=O) groups is 2. The third kappa shape index (κ3) is 4.20. The Morgan fingerprint density at radius 1 is 1.12 bits per heavy atom. The number of nitrogens with zero attached hydrogens (tertiary/aromatic N) is 1. The van der Waals surface area contributed by atoms with Crippen LogP contribution in [-0.4, -0.2) is 36.0 Å². The van der Waals surface area contributed by atoms with E-state index in [-0.39, 0.29) is 11.7 Å². The van der Waals surface area contributed by atoms with Gasteiger partial charge in [-0.15, -0.1) is 0 Å². The van der Waals surface area contributed by atoms with Crippen LogP contribution < -0.4 is 4.74 Å². The molecule has 0 spiro atoms. The molecule has 1 atom stereocenters. The van der Waals surface area contributed by atoms with Gasteiger partial charge in [-0.05, 0) is 36.6 Å². The van der Waals surface area contributed by atoms with E-state index >= 15 is 0 Å². The Hall–Kier alpha value is -2.89. The van der Waals surface area contributed by atoms with E-state index in [2.05, 4.69) is 6.07 Å². The van der Waals surface area contributed by atoms with Gasteiger partial charge in [-0.2, -0.15) is 0 Å². The van der Waals surface area contributed by atoms with Crippen molar-refractivity contribution in [1.29, 1.82) is 0 Å². The van der Waals surface area contributed by atoms with Crippen molar-refractivity contribution < 1.29 is 23.5 Å².